The van der Waals surface area contributed by atoms with Crippen molar-refractivity contribution in [2.45, 2.75) is 58.0 Å². The normalized spacial score (nSPS) is 17.5. The van der Waals surface area contributed by atoms with Gasteiger partial charge < -0.3 is 14.8 Å². The van der Waals surface area contributed by atoms with Crippen LogP contribution in [-0.2, 0) is 17.6 Å². The number of H-pyrrole nitrogens is 1. The SMILES string of the molecule is C/C=C(\C/C=C\C(C)C(F)(F)F)c1nc2c(s1)CCCC2COc1ccc2c(CC(=O)O)c[nH]c2c1. The van der Waals surface area contributed by atoms with Gasteiger partial charge in [-0.15, -0.1) is 11.3 Å². The molecular weight excluding hydrogens is 489 g/mol. The van der Waals surface area contributed by atoms with Crippen molar-refractivity contribution in [3.05, 3.63) is 63.8 Å². The second kappa shape index (κ2) is 10.9. The summed E-state index contributed by atoms with van der Waals surface area (Å²) in [6.45, 7) is 3.51. The lowest BCUT2D eigenvalue weighted by atomic mass is 9.92. The van der Waals surface area contributed by atoms with E-state index in [2.05, 4.69) is 4.98 Å². The van der Waals surface area contributed by atoms with E-state index in [-0.39, 0.29) is 12.3 Å². The summed E-state index contributed by atoms with van der Waals surface area (Å²) in [5.41, 5.74) is 3.51. The highest BCUT2D eigenvalue weighted by atomic mass is 32.1. The van der Waals surface area contributed by atoms with Gasteiger partial charge in [0, 0.05) is 34.0 Å². The Morgan fingerprint density at radius 1 is 1.39 bits per heavy atom. The quantitative estimate of drug-likeness (QED) is 0.292. The second-order valence-corrected chi connectivity index (χ2v) is 10.2. The van der Waals surface area contributed by atoms with Gasteiger partial charge in [-0.05, 0) is 55.9 Å². The summed E-state index contributed by atoms with van der Waals surface area (Å²) in [7, 11) is 0. The molecular formula is C27H29F3N2O3S. The van der Waals surface area contributed by atoms with Gasteiger partial charge in [-0.3, -0.25) is 4.79 Å². The standard InChI is InChI=1S/C27H29F3N2O3S/c1-3-17(7-4-6-16(2)27(28,29)30)26-32-25-18(8-5-9-23(25)36-26)15-35-20-10-11-21-19(12-24(33)34)14-31-22(21)13-20/h3-4,6,10-11,13-14,16,18,31H,5,7-9,12,15H2,1-2H3,(H,33,34)/b6-4-,17-3+. The number of aryl methyl sites for hydroxylation is 1. The van der Waals surface area contributed by atoms with Crippen molar-refractivity contribution in [2.75, 3.05) is 6.61 Å². The van der Waals surface area contributed by atoms with Crippen LogP contribution in [0.15, 0.2) is 42.6 Å². The number of carboxylic acid groups (broad SMARTS) is 1. The molecule has 0 bridgehead atoms. The molecule has 0 radical (unpaired) electrons. The molecule has 2 atom stereocenters. The molecule has 1 aliphatic carbocycles. The molecule has 1 aliphatic rings. The number of nitrogens with one attached hydrogen (secondary N) is 1. The van der Waals surface area contributed by atoms with Crippen LogP contribution in [0.5, 0.6) is 5.75 Å². The van der Waals surface area contributed by atoms with E-state index >= 15 is 0 Å². The first-order chi connectivity index (χ1) is 17.2. The van der Waals surface area contributed by atoms with Crippen LogP contribution in [0, 0.1) is 5.92 Å². The summed E-state index contributed by atoms with van der Waals surface area (Å²) >= 11 is 1.62. The van der Waals surface area contributed by atoms with Crippen LogP contribution in [-0.4, -0.2) is 33.8 Å². The molecule has 0 spiro atoms. The fraction of sp³-hybridized carbons (Fsp3) is 0.407. The summed E-state index contributed by atoms with van der Waals surface area (Å²) in [5.74, 6) is -1.51. The zero-order valence-electron chi connectivity index (χ0n) is 20.2. The average Bonchev–Trinajstić information content (AvgIpc) is 3.43. The molecule has 4 rings (SSSR count). The second-order valence-electron chi connectivity index (χ2n) is 9.10. The highest BCUT2D eigenvalue weighted by molar-refractivity contribution is 7.12. The summed E-state index contributed by atoms with van der Waals surface area (Å²) in [4.78, 5) is 20.3. The first kappa shape index (κ1) is 26.0. The number of aromatic amines is 1. The molecule has 1 aromatic carbocycles. The molecule has 0 aliphatic heterocycles. The fourth-order valence-corrected chi connectivity index (χ4v) is 5.68. The van der Waals surface area contributed by atoms with Crippen LogP contribution in [0.2, 0.25) is 0 Å². The van der Waals surface area contributed by atoms with Crippen LogP contribution >= 0.6 is 11.3 Å². The number of hydrogen-bond acceptors (Lipinski definition) is 4. The van der Waals surface area contributed by atoms with Crippen molar-refractivity contribution >= 4 is 33.8 Å². The van der Waals surface area contributed by atoms with Gasteiger partial charge in [0.1, 0.15) is 10.8 Å². The Morgan fingerprint density at radius 2 is 2.19 bits per heavy atom. The van der Waals surface area contributed by atoms with Gasteiger partial charge in [0.05, 0.1) is 24.6 Å². The van der Waals surface area contributed by atoms with E-state index in [0.29, 0.717) is 18.8 Å². The third-order valence-corrected chi connectivity index (χ3v) is 7.71. The number of aliphatic carboxylic acids is 1. The Morgan fingerprint density at radius 3 is 2.92 bits per heavy atom. The number of aromatic nitrogens is 2. The molecule has 2 N–H and O–H groups in total. The summed E-state index contributed by atoms with van der Waals surface area (Å²) in [5, 5.41) is 10.8. The Hall–Kier alpha value is -3.07. The van der Waals surface area contributed by atoms with Crippen molar-refractivity contribution in [1.82, 2.24) is 9.97 Å². The molecule has 0 fully saturated rings. The Bertz CT molecular complexity index is 1290. The topological polar surface area (TPSA) is 75.2 Å². The maximum atomic E-state index is 12.8. The van der Waals surface area contributed by atoms with Gasteiger partial charge in [-0.2, -0.15) is 13.2 Å². The minimum atomic E-state index is -4.23. The van der Waals surface area contributed by atoms with Gasteiger partial charge in [0.15, 0.2) is 0 Å². The lowest BCUT2D eigenvalue weighted by Crippen LogP contribution is -2.17. The number of thiazole rings is 1. The van der Waals surface area contributed by atoms with E-state index in [9.17, 15) is 18.0 Å². The highest BCUT2D eigenvalue weighted by Gasteiger charge is 2.33. The number of nitrogens with zero attached hydrogens (tertiary/aromatic N) is 1. The zero-order valence-corrected chi connectivity index (χ0v) is 21.0. The Balaban J connectivity index is 1.43. The first-order valence-corrected chi connectivity index (χ1v) is 12.8. The predicted octanol–water partition coefficient (Wildman–Crippen LogP) is 7.30. The first-order valence-electron chi connectivity index (χ1n) is 12.0. The average molecular weight is 519 g/mol. The summed E-state index contributed by atoms with van der Waals surface area (Å²) in [6, 6.07) is 5.60. The van der Waals surface area contributed by atoms with Crippen molar-refractivity contribution in [3.63, 3.8) is 0 Å². The lowest BCUT2D eigenvalue weighted by molar-refractivity contribution is -0.156. The van der Waals surface area contributed by atoms with Crippen molar-refractivity contribution < 1.29 is 27.8 Å². The van der Waals surface area contributed by atoms with Gasteiger partial charge in [-0.25, -0.2) is 4.98 Å². The minimum Gasteiger partial charge on any atom is -0.493 e. The molecule has 0 amide bonds. The van der Waals surface area contributed by atoms with Crippen molar-refractivity contribution in [1.29, 1.82) is 0 Å². The van der Waals surface area contributed by atoms with E-state index in [0.717, 1.165) is 58.9 Å². The molecule has 2 unspecified atom stereocenters. The van der Waals surface area contributed by atoms with Crippen molar-refractivity contribution in [3.8, 4) is 5.75 Å². The molecule has 9 heteroatoms. The molecule has 36 heavy (non-hydrogen) atoms. The van der Waals surface area contributed by atoms with E-state index < -0.39 is 18.1 Å². The van der Waals surface area contributed by atoms with Crippen LogP contribution in [0.4, 0.5) is 13.2 Å². The fourth-order valence-electron chi connectivity index (χ4n) is 4.41. The monoisotopic (exact) mass is 518 g/mol. The van der Waals surface area contributed by atoms with Crippen molar-refractivity contribution in [2.24, 2.45) is 5.92 Å². The third kappa shape index (κ3) is 6.00. The molecule has 192 valence electrons. The number of benzene rings is 1. The third-order valence-electron chi connectivity index (χ3n) is 6.50. The number of carboxylic acids is 1. The number of halogens is 3. The predicted molar refractivity (Wildman–Crippen MR) is 136 cm³/mol. The molecule has 2 aromatic heterocycles. The van der Waals surface area contributed by atoms with E-state index in [1.165, 1.54) is 11.0 Å². The van der Waals surface area contributed by atoms with Gasteiger partial charge in [-0.1, -0.05) is 25.2 Å². The van der Waals surface area contributed by atoms with Crippen LogP contribution in [0.1, 0.15) is 60.2 Å². The van der Waals surface area contributed by atoms with Crippen LogP contribution < -0.4 is 4.74 Å². The molecule has 5 nitrogen and oxygen atoms in total. The van der Waals surface area contributed by atoms with E-state index in [1.54, 1.807) is 23.6 Å². The highest BCUT2D eigenvalue weighted by Crippen LogP contribution is 2.38. The molecule has 0 saturated heterocycles. The lowest BCUT2D eigenvalue weighted by Gasteiger charge is -2.21. The minimum absolute atomic E-state index is 0.0391. The smallest absolute Gasteiger partial charge is 0.394 e. The van der Waals surface area contributed by atoms with Gasteiger partial charge in [0.25, 0.3) is 0 Å². The summed E-state index contributed by atoms with van der Waals surface area (Å²) in [6.07, 6.45) is 5.49. The number of ether oxygens (including phenoxy) is 1. The van der Waals surface area contributed by atoms with Crippen LogP contribution in [0.3, 0.4) is 0 Å². The number of fused-ring (bicyclic) bond motifs is 2. The van der Waals surface area contributed by atoms with Crippen LogP contribution in [0.25, 0.3) is 16.5 Å². The largest absolute Gasteiger partial charge is 0.493 e. The maximum absolute atomic E-state index is 12.8. The maximum Gasteiger partial charge on any atom is 0.394 e. The Labute approximate surface area is 211 Å². The van der Waals surface area contributed by atoms with Gasteiger partial charge in [0.2, 0.25) is 0 Å². The molecule has 2 heterocycles. The number of carbonyl (C=O) groups is 1. The molecule has 3 aromatic rings. The van der Waals surface area contributed by atoms with E-state index in [1.807, 2.05) is 31.2 Å². The number of rotatable bonds is 9. The van der Waals surface area contributed by atoms with E-state index in [4.69, 9.17) is 14.8 Å². The Kier molecular flexibility index (Phi) is 7.88. The van der Waals surface area contributed by atoms with Gasteiger partial charge >= 0.3 is 12.1 Å². The molecule has 0 saturated carbocycles. The number of alkyl halides is 3. The summed E-state index contributed by atoms with van der Waals surface area (Å²) < 4.78 is 44.5. The number of hydrogen-bond donors (Lipinski definition) is 2. The number of allylic oxidation sites excluding steroid dienone is 4. The zero-order chi connectivity index (χ0) is 25.9.